The first-order valence-electron chi connectivity index (χ1n) is 8.47. The molecule has 0 saturated carbocycles. The Morgan fingerprint density at radius 2 is 1.96 bits per heavy atom. The van der Waals surface area contributed by atoms with E-state index in [1.807, 2.05) is 4.90 Å². The SMILES string of the molecule is COc1cnc(N2CCC(COc3ccc4nnc(C(F)(F)F)n4n3)C2)nc1. The van der Waals surface area contributed by atoms with E-state index in [4.69, 9.17) is 9.47 Å². The average Bonchev–Trinajstić information content (AvgIpc) is 3.33. The number of nitrogens with zero attached hydrogens (tertiary/aromatic N) is 7. The Hall–Kier alpha value is -3.18. The van der Waals surface area contributed by atoms with Gasteiger partial charge in [0.25, 0.3) is 5.82 Å². The Labute approximate surface area is 157 Å². The summed E-state index contributed by atoms with van der Waals surface area (Å²) in [5.41, 5.74) is 0.00312. The molecule has 148 valence electrons. The number of halogens is 3. The highest BCUT2D eigenvalue weighted by Crippen LogP contribution is 2.28. The lowest BCUT2D eigenvalue weighted by atomic mass is 10.1. The van der Waals surface area contributed by atoms with E-state index in [1.165, 1.54) is 12.1 Å². The second kappa shape index (κ2) is 7.09. The molecule has 3 aromatic heterocycles. The van der Waals surface area contributed by atoms with Crippen LogP contribution in [0.15, 0.2) is 24.5 Å². The molecule has 0 aliphatic carbocycles. The molecule has 0 aromatic carbocycles. The molecule has 0 spiro atoms. The fourth-order valence-corrected chi connectivity index (χ4v) is 2.96. The highest BCUT2D eigenvalue weighted by Gasteiger charge is 2.37. The van der Waals surface area contributed by atoms with E-state index in [2.05, 4.69) is 25.3 Å². The molecule has 4 rings (SSSR count). The zero-order valence-electron chi connectivity index (χ0n) is 14.8. The van der Waals surface area contributed by atoms with Crippen LogP contribution < -0.4 is 14.4 Å². The van der Waals surface area contributed by atoms with E-state index in [0.29, 0.717) is 29.4 Å². The number of methoxy groups -OCH3 is 1. The molecular formula is C16H16F3N7O2. The number of hydrogen-bond acceptors (Lipinski definition) is 8. The lowest BCUT2D eigenvalue weighted by molar-refractivity contribution is -0.146. The Bertz CT molecular complexity index is 961. The molecule has 0 bridgehead atoms. The third-order valence-corrected chi connectivity index (χ3v) is 4.38. The van der Waals surface area contributed by atoms with Crippen LogP contribution in [0.1, 0.15) is 12.2 Å². The number of alkyl halides is 3. The zero-order valence-corrected chi connectivity index (χ0v) is 14.8. The monoisotopic (exact) mass is 395 g/mol. The topological polar surface area (TPSA) is 90.6 Å². The van der Waals surface area contributed by atoms with Crippen molar-refractivity contribution in [2.45, 2.75) is 12.6 Å². The summed E-state index contributed by atoms with van der Waals surface area (Å²) in [6, 6.07) is 2.86. The fraction of sp³-hybridized carbons (Fsp3) is 0.438. The van der Waals surface area contributed by atoms with Crippen molar-refractivity contribution >= 4 is 11.6 Å². The first kappa shape index (κ1) is 18.2. The van der Waals surface area contributed by atoms with Crippen molar-refractivity contribution in [2.75, 3.05) is 31.7 Å². The molecule has 1 fully saturated rings. The van der Waals surface area contributed by atoms with Crippen LogP contribution in [0, 0.1) is 5.92 Å². The van der Waals surface area contributed by atoms with E-state index in [0.717, 1.165) is 13.0 Å². The Balaban J connectivity index is 1.39. The standard InChI is InChI=1S/C16H16F3N7O2/c1-27-11-6-20-15(21-7-11)25-5-4-10(8-25)9-28-13-3-2-12-22-23-14(16(17,18)19)26(12)24-13/h2-3,6-7,10H,4-5,8-9H2,1H3. The number of fused-ring (bicyclic) bond motifs is 1. The number of ether oxygens (including phenoxy) is 2. The molecule has 1 unspecified atom stereocenters. The molecule has 0 amide bonds. The molecule has 0 N–H and O–H groups in total. The van der Waals surface area contributed by atoms with E-state index in [9.17, 15) is 13.2 Å². The van der Waals surface area contributed by atoms with Gasteiger partial charge in [-0.2, -0.15) is 17.7 Å². The molecule has 12 heteroatoms. The molecule has 0 radical (unpaired) electrons. The Morgan fingerprint density at radius 3 is 2.68 bits per heavy atom. The second-order valence-electron chi connectivity index (χ2n) is 6.30. The van der Waals surface area contributed by atoms with Crippen LogP contribution >= 0.6 is 0 Å². The van der Waals surface area contributed by atoms with Crippen LogP contribution in [-0.2, 0) is 6.18 Å². The van der Waals surface area contributed by atoms with Crippen LogP contribution in [0.4, 0.5) is 19.1 Å². The summed E-state index contributed by atoms with van der Waals surface area (Å²) in [6.07, 6.45) is -0.598. The van der Waals surface area contributed by atoms with Gasteiger partial charge in [-0.15, -0.1) is 15.3 Å². The van der Waals surface area contributed by atoms with Crippen molar-refractivity contribution in [2.24, 2.45) is 5.92 Å². The molecular weight excluding hydrogens is 379 g/mol. The summed E-state index contributed by atoms with van der Waals surface area (Å²) >= 11 is 0. The summed E-state index contributed by atoms with van der Waals surface area (Å²) in [5.74, 6) is 0.249. The number of rotatable bonds is 5. The number of aromatic nitrogens is 6. The zero-order chi connectivity index (χ0) is 19.7. The maximum atomic E-state index is 12.9. The summed E-state index contributed by atoms with van der Waals surface area (Å²) in [7, 11) is 1.55. The minimum absolute atomic E-state index is 0.00312. The van der Waals surface area contributed by atoms with Gasteiger partial charge in [0.2, 0.25) is 11.8 Å². The third kappa shape index (κ3) is 3.62. The lowest BCUT2D eigenvalue weighted by Crippen LogP contribution is -2.23. The van der Waals surface area contributed by atoms with Crippen molar-refractivity contribution in [3.63, 3.8) is 0 Å². The summed E-state index contributed by atoms with van der Waals surface area (Å²) in [6.45, 7) is 1.75. The molecule has 28 heavy (non-hydrogen) atoms. The van der Waals surface area contributed by atoms with Gasteiger partial charge in [-0.05, 0) is 12.5 Å². The van der Waals surface area contributed by atoms with Crippen LogP contribution in [0.25, 0.3) is 5.65 Å². The Morgan fingerprint density at radius 1 is 1.18 bits per heavy atom. The van der Waals surface area contributed by atoms with Gasteiger partial charge in [0, 0.05) is 25.1 Å². The summed E-state index contributed by atoms with van der Waals surface area (Å²) < 4.78 is 50.1. The van der Waals surface area contributed by atoms with E-state index >= 15 is 0 Å². The number of anilines is 1. The fourth-order valence-electron chi connectivity index (χ4n) is 2.96. The first-order valence-corrected chi connectivity index (χ1v) is 8.47. The minimum Gasteiger partial charge on any atom is -0.494 e. The minimum atomic E-state index is -4.64. The van der Waals surface area contributed by atoms with Crippen LogP contribution in [0.2, 0.25) is 0 Å². The van der Waals surface area contributed by atoms with Crippen molar-refractivity contribution < 1.29 is 22.6 Å². The summed E-state index contributed by atoms with van der Waals surface area (Å²) in [4.78, 5) is 10.5. The second-order valence-corrected chi connectivity index (χ2v) is 6.30. The van der Waals surface area contributed by atoms with Crippen LogP contribution in [-0.4, -0.2) is 56.6 Å². The largest absolute Gasteiger partial charge is 0.494 e. The highest BCUT2D eigenvalue weighted by molar-refractivity contribution is 5.38. The normalized spacial score (nSPS) is 17.3. The molecule has 1 atom stereocenters. The smallest absolute Gasteiger partial charge is 0.453 e. The predicted octanol–water partition coefficient (Wildman–Crippen LogP) is 1.85. The third-order valence-electron chi connectivity index (χ3n) is 4.38. The highest BCUT2D eigenvalue weighted by atomic mass is 19.4. The van der Waals surface area contributed by atoms with Gasteiger partial charge in [0.15, 0.2) is 11.4 Å². The molecule has 1 saturated heterocycles. The van der Waals surface area contributed by atoms with Gasteiger partial charge in [-0.3, -0.25) is 0 Å². The molecule has 1 aliphatic rings. The lowest BCUT2D eigenvalue weighted by Gasteiger charge is -2.16. The quantitative estimate of drug-likeness (QED) is 0.647. The Kier molecular flexibility index (Phi) is 4.61. The molecule has 9 nitrogen and oxygen atoms in total. The van der Waals surface area contributed by atoms with Crippen LogP contribution in [0.3, 0.4) is 0 Å². The van der Waals surface area contributed by atoms with Gasteiger partial charge in [-0.1, -0.05) is 0 Å². The molecule has 3 aromatic rings. The molecule has 4 heterocycles. The predicted molar refractivity (Wildman–Crippen MR) is 90.2 cm³/mol. The van der Waals surface area contributed by atoms with Crippen molar-refractivity contribution in [1.29, 1.82) is 0 Å². The van der Waals surface area contributed by atoms with Crippen molar-refractivity contribution in [1.82, 2.24) is 29.8 Å². The van der Waals surface area contributed by atoms with Gasteiger partial charge in [0.05, 0.1) is 26.1 Å². The maximum absolute atomic E-state index is 12.9. The summed E-state index contributed by atoms with van der Waals surface area (Å²) in [5, 5.41) is 10.5. The van der Waals surface area contributed by atoms with Crippen molar-refractivity contribution in [3.05, 3.63) is 30.4 Å². The van der Waals surface area contributed by atoms with Gasteiger partial charge in [-0.25, -0.2) is 9.97 Å². The number of hydrogen-bond donors (Lipinski definition) is 0. The average molecular weight is 395 g/mol. The van der Waals surface area contributed by atoms with Crippen molar-refractivity contribution in [3.8, 4) is 11.6 Å². The van der Waals surface area contributed by atoms with E-state index < -0.39 is 12.0 Å². The molecule has 1 aliphatic heterocycles. The van der Waals surface area contributed by atoms with Crippen LogP contribution in [0.5, 0.6) is 11.6 Å². The first-order chi connectivity index (χ1) is 13.4. The van der Waals surface area contributed by atoms with E-state index in [1.54, 1.807) is 19.5 Å². The van der Waals surface area contributed by atoms with Gasteiger partial charge >= 0.3 is 6.18 Å². The van der Waals surface area contributed by atoms with E-state index in [-0.39, 0.29) is 17.4 Å². The maximum Gasteiger partial charge on any atom is 0.453 e. The van der Waals surface area contributed by atoms with Gasteiger partial charge < -0.3 is 14.4 Å². The van der Waals surface area contributed by atoms with Gasteiger partial charge in [0.1, 0.15) is 0 Å².